The number of amides is 2. The number of hydrogen-bond acceptors (Lipinski definition) is 4. The molecule has 2 amide bonds. The fraction of sp³-hybridized carbons (Fsp3) is 0.636. The average molecular weight is 257 g/mol. The van der Waals surface area contributed by atoms with Crippen molar-refractivity contribution in [3.8, 4) is 0 Å². The predicted octanol–water partition coefficient (Wildman–Crippen LogP) is 1.45. The van der Waals surface area contributed by atoms with E-state index in [1.807, 2.05) is 13.1 Å². The van der Waals surface area contributed by atoms with Crippen molar-refractivity contribution in [2.75, 3.05) is 13.2 Å². The van der Waals surface area contributed by atoms with Crippen molar-refractivity contribution in [1.29, 1.82) is 0 Å². The van der Waals surface area contributed by atoms with Crippen LogP contribution in [0.4, 0.5) is 4.79 Å². The summed E-state index contributed by atoms with van der Waals surface area (Å²) in [5.74, 6) is 0. The van der Waals surface area contributed by atoms with E-state index < -0.39 is 0 Å². The number of aryl methyl sites for hydroxylation is 1. The number of hydrogen-bond donors (Lipinski definition) is 3. The number of nitrogens with zero attached hydrogens (tertiary/aromatic N) is 1. The first-order valence-corrected chi connectivity index (χ1v) is 6.58. The number of urea groups is 1. The zero-order chi connectivity index (χ0) is 12.7. The minimum Gasteiger partial charge on any atom is -0.396 e. The summed E-state index contributed by atoms with van der Waals surface area (Å²) in [7, 11) is 0. The molecule has 1 rings (SSSR count). The molecule has 1 aromatic heterocycles. The lowest BCUT2D eigenvalue weighted by molar-refractivity contribution is 0.235. The highest BCUT2D eigenvalue weighted by Gasteiger charge is 2.12. The third-order valence-electron chi connectivity index (χ3n) is 2.26. The Balaban J connectivity index is 2.37. The van der Waals surface area contributed by atoms with Gasteiger partial charge in [-0.1, -0.05) is 6.92 Å². The minimum atomic E-state index is -0.223. The molecule has 0 spiro atoms. The molecule has 5 nitrogen and oxygen atoms in total. The molecule has 1 atom stereocenters. The van der Waals surface area contributed by atoms with E-state index >= 15 is 0 Å². The van der Waals surface area contributed by atoms with Crippen LogP contribution >= 0.6 is 11.3 Å². The van der Waals surface area contributed by atoms with Crippen LogP contribution < -0.4 is 10.6 Å². The number of aromatic nitrogens is 1. The molecule has 6 heteroatoms. The van der Waals surface area contributed by atoms with Crippen LogP contribution in [0.2, 0.25) is 0 Å². The van der Waals surface area contributed by atoms with Crippen molar-refractivity contribution >= 4 is 17.4 Å². The summed E-state index contributed by atoms with van der Waals surface area (Å²) in [6, 6.07) is -0.311. The lowest BCUT2D eigenvalue weighted by Gasteiger charge is -2.11. The molecule has 0 radical (unpaired) electrons. The molecule has 96 valence electrons. The van der Waals surface area contributed by atoms with Crippen molar-refractivity contribution in [3.63, 3.8) is 0 Å². The highest BCUT2D eigenvalue weighted by molar-refractivity contribution is 7.11. The lowest BCUT2D eigenvalue weighted by atomic mass is 10.3. The van der Waals surface area contributed by atoms with Crippen molar-refractivity contribution in [2.24, 2.45) is 0 Å². The van der Waals surface area contributed by atoms with Crippen molar-refractivity contribution in [3.05, 3.63) is 16.1 Å². The van der Waals surface area contributed by atoms with Gasteiger partial charge in [0.15, 0.2) is 0 Å². The molecule has 0 aliphatic heterocycles. The smallest absolute Gasteiger partial charge is 0.315 e. The first-order valence-electron chi connectivity index (χ1n) is 5.77. The van der Waals surface area contributed by atoms with Gasteiger partial charge in [-0.2, -0.15) is 0 Å². The zero-order valence-corrected chi connectivity index (χ0v) is 11.0. The fourth-order valence-electron chi connectivity index (χ4n) is 1.28. The van der Waals surface area contributed by atoms with E-state index in [2.05, 4.69) is 22.5 Å². The molecule has 3 N–H and O–H groups in total. The summed E-state index contributed by atoms with van der Waals surface area (Å²) in [6.45, 7) is 4.55. The summed E-state index contributed by atoms with van der Waals surface area (Å²) < 4.78 is 0. The Labute approximate surface area is 105 Å². The Kier molecular flexibility index (Phi) is 5.93. The first-order chi connectivity index (χ1) is 8.17. The Bertz CT molecular complexity index is 354. The Hall–Kier alpha value is -1.14. The summed E-state index contributed by atoms with van der Waals surface area (Å²) in [5.41, 5.74) is 0. The highest BCUT2D eigenvalue weighted by Crippen LogP contribution is 2.19. The van der Waals surface area contributed by atoms with Crippen LogP contribution in [0, 0.1) is 0 Å². The highest BCUT2D eigenvalue weighted by atomic mass is 32.1. The third-order valence-corrected chi connectivity index (χ3v) is 3.58. The zero-order valence-electron chi connectivity index (χ0n) is 10.2. The third kappa shape index (κ3) is 4.70. The fourth-order valence-corrected chi connectivity index (χ4v) is 2.14. The van der Waals surface area contributed by atoms with E-state index in [0.717, 1.165) is 11.4 Å². The molecule has 0 aromatic carbocycles. The molecule has 0 saturated heterocycles. The van der Waals surface area contributed by atoms with Crippen LogP contribution in [0.3, 0.4) is 0 Å². The van der Waals surface area contributed by atoms with Gasteiger partial charge in [-0.25, -0.2) is 9.78 Å². The maximum absolute atomic E-state index is 11.5. The van der Waals surface area contributed by atoms with E-state index in [1.54, 1.807) is 11.3 Å². The average Bonchev–Trinajstić information content (AvgIpc) is 2.78. The van der Waals surface area contributed by atoms with Crippen LogP contribution in [0.5, 0.6) is 0 Å². The molecule has 0 saturated carbocycles. The minimum absolute atomic E-state index is 0.0855. The first kappa shape index (κ1) is 13.9. The Morgan fingerprint density at radius 2 is 2.41 bits per heavy atom. The maximum atomic E-state index is 11.5. The summed E-state index contributed by atoms with van der Waals surface area (Å²) in [6.07, 6.45) is 3.38. The Morgan fingerprint density at radius 3 is 3.00 bits per heavy atom. The monoisotopic (exact) mass is 257 g/mol. The molecule has 0 bridgehead atoms. The van der Waals surface area contributed by atoms with Gasteiger partial charge < -0.3 is 15.7 Å². The normalized spacial score (nSPS) is 12.2. The second-order valence-corrected chi connectivity index (χ2v) is 4.86. The number of rotatable bonds is 6. The number of thiazole rings is 1. The van der Waals surface area contributed by atoms with E-state index in [9.17, 15) is 4.79 Å². The number of aliphatic hydroxyl groups excluding tert-OH is 1. The van der Waals surface area contributed by atoms with E-state index in [4.69, 9.17) is 5.11 Å². The molecular formula is C11H19N3O2S. The standard InChI is InChI=1S/C11H19N3O2S/c1-3-9-7-13-10(17-9)8(2)14-11(16)12-5-4-6-15/h7-8,15H,3-6H2,1-2H3,(H2,12,14,16). The van der Waals surface area contributed by atoms with Gasteiger partial charge in [0, 0.05) is 24.2 Å². The van der Waals surface area contributed by atoms with Gasteiger partial charge >= 0.3 is 6.03 Å². The molecule has 0 fully saturated rings. The van der Waals surface area contributed by atoms with Crippen LogP contribution in [-0.2, 0) is 6.42 Å². The van der Waals surface area contributed by atoms with E-state index in [0.29, 0.717) is 13.0 Å². The predicted molar refractivity (Wildman–Crippen MR) is 68.1 cm³/mol. The number of carbonyl (C=O) groups is 1. The number of nitrogens with one attached hydrogen (secondary N) is 2. The van der Waals surface area contributed by atoms with Crippen LogP contribution in [0.15, 0.2) is 6.20 Å². The van der Waals surface area contributed by atoms with Gasteiger partial charge in [-0.15, -0.1) is 11.3 Å². The second-order valence-electron chi connectivity index (χ2n) is 3.72. The molecular weight excluding hydrogens is 238 g/mol. The van der Waals surface area contributed by atoms with Crippen molar-refractivity contribution < 1.29 is 9.90 Å². The number of aliphatic hydroxyl groups is 1. The van der Waals surface area contributed by atoms with Gasteiger partial charge in [0.1, 0.15) is 5.01 Å². The van der Waals surface area contributed by atoms with Gasteiger partial charge in [0.2, 0.25) is 0 Å². The molecule has 1 aromatic rings. The van der Waals surface area contributed by atoms with Gasteiger partial charge in [0.25, 0.3) is 0 Å². The van der Waals surface area contributed by atoms with E-state index in [1.165, 1.54) is 4.88 Å². The number of carbonyl (C=O) groups excluding carboxylic acids is 1. The van der Waals surface area contributed by atoms with Crippen molar-refractivity contribution in [1.82, 2.24) is 15.6 Å². The summed E-state index contributed by atoms with van der Waals surface area (Å²) in [5, 5.41) is 15.0. The van der Waals surface area contributed by atoms with E-state index in [-0.39, 0.29) is 18.7 Å². The Morgan fingerprint density at radius 1 is 1.65 bits per heavy atom. The summed E-state index contributed by atoms with van der Waals surface area (Å²) in [4.78, 5) is 16.9. The van der Waals surface area contributed by atoms with Gasteiger partial charge in [-0.3, -0.25) is 0 Å². The van der Waals surface area contributed by atoms with Crippen LogP contribution in [0.25, 0.3) is 0 Å². The largest absolute Gasteiger partial charge is 0.396 e. The summed E-state index contributed by atoms with van der Waals surface area (Å²) >= 11 is 1.62. The molecule has 1 unspecified atom stereocenters. The molecule has 0 aliphatic rings. The topological polar surface area (TPSA) is 74.2 Å². The van der Waals surface area contributed by atoms with Gasteiger partial charge in [0.05, 0.1) is 6.04 Å². The molecule has 1 heterocycles. The molecule has 17 heavy (non-hydrogen) atoms. The van der Waals surface area contributed by atoms with Crippen LogP contribution in [-0.4, -0.2) is 29.3 Å². The molecule has 0 aliphatic carbocycles. The maximum Gasteiger partial charge on any atom is 0.315 e. The van der Waals surface area contributed by atoms with Gasteiger partial charge in [-0.05, 0) is 19.8 Å². The lowest BCUT2D eigenvalue weighted by Crippen LogP contribution is -2.37. The SMILES string of the molecule is CCc1cnc(C(C)NC(=O)NCCCO)s1. The van der Waals surface area contributed by atoms with Crippen molar-refractivity contribution in [2.45, 2.75) is 32.7 Å². The quantitative estimate of drug-likeness (QED) is 0.675. The van der Waals surface area contributed by atoms with Crippen LogP contribution in [0.1, 0.15) is 36.2 Å². The second kappa shape index (κ2) is 7.24.